The maximum absolute atomic E-state index is 11.6. The minimum absolute atomic E-state index is 0.0636. The fourth-order valence-corrected chi connectivity index (χ4v) is 1.67. The smallest absolute Gasteiger partial charge is 0.318 e. The lowest BCUT2D eigenvalue weighted by Crippen LogP contribution is -2.34. The van der Waals surface area contributed by atoms with Crippen LogP contribution in [0.2, 0.25) is 5.02 Å². The second kappa shape index (κ2) is 7.34. The highest BCUT2D eigenvalue weighted by atomic mass is 35.5. The standard InChI is InChI=1S/C16H23ClN2O/c1-12(16(2,3)4)11-19-15(20)18-9-8-13-6-5-7-14(17)10-13/h5-7,10-11H,8-9H2,1-4H3,(H2,18,19,20)/b12-11+. The molecule has 0 aliphatic rings. The van der Waals surface area contributed by atoms with E-state index in [1.165, 1.54) is 0 Å². The summed E-state index contributed by atoms with van der Waals surface area (Å²) in [6, 6.07) is 7.47. The molecule has 3 nitrogen and oxygen atoms in total. The van der Waals surface area contributed by atoms with Gasteiger partial charge in [0, 0.05) is 17.8 Å². The molecule has 0 saturated carbocycles. The molecule has 0 aliphatic heterocycles. The van der Waals surface area contributed by atoms with Gasteiger partial charge in [0.1, 0.15) is 0 Å². The molecule has 20 heavy (non-hydrogen) atoms. The van der Waals surface area contributed by atoms with Crippen LogP contribution in [0.3, 0.4) is 0 Å². The summed E-state index contributed by atoms with van der Waals surface area (Å²) in [5, 5.41) is 6.29. The van der Waals surface area contributed by atoms with Crippen LogP contribution in [0.1, 0.15) is 33.3 Å². The van der Waals surface area contributed by atoms with Crippen LogP contribution in [0.15, 0.2) is 36.0 Å². The lowest BCUT2D eigenvalue weighted by molar-refractivity contribution is 0.244. The first-order chi connectivity index (χ1) is 9.29. The molecule has 0 radical (unpaired) electrons. The average molecular weight is 295 g/mol. The highest BCUT2D eigenvalue weighted by Crippen LogP contribution is 2.23. The lowest BCUT2D eigenvalue weighted by atomic mass is 9.88. The van der Waals surface area contributed by atoms with Crippen molar-refractivity contribution in [3.05, 3.63) is 46.6 Å². The number of rotatable bonds is 4. The number of amides is 2. The van der Waals surface area contributed by atoms with E-state index >= 15 is 0 Å². The molecule has 0 unspecified atom stereocenters. The van der Waals surface area contributed by atoms with E-state index in [0.29, 0.717) is 6.54 Å². The van der Waals surface area contributed by atoms with Gasteiger partial charge in [0.2, 0.25) is 0 Å². The summed E-state index contributed by atoms with van der Waals surface area (Å²) in [4.78, 5) is 11.6. The van der Waals surface area contributed by atoms with E-state index in [-0.39, 0.29) is 11.4 Å². The molecule has 1 aromatic rings. The molecule has 0 spiro atoms. The molecule has 0 aliphatic carbocycles. The monoisotopic (exact) mass is 294 g/mol. The Labute approximate surface area is 126 Å². The van der Waals surface area contributed by atoms with E-state index < -0.39 is 0 Å². The van der Waals surface area contributed by atoms with Crippen molar-refractivity contribution in [2.24, 2.45) is 5.41 Å². The number of halogens is 1. The van der Waals surface area contributed by atoms with Crippen LogP contribution in [0.5, 0.6) is 0 Å². The van der Waals surface area contributed by atoms with Gasteiger partial charge in [0.25, 0.3) is 0 Å². The summed E-state index contributed by atoms with van der Waals surface area (Å²) in [6.07, 6.45) is 2.52. The molecule has 0 saturated heterocycles. The zero-order valence-electron chi connectivity index (χ0n) is 12.6. The van der Waals surface area contributed by atoms with Crippen LogP contribution in [-0.2, 0) is 6.42 Å². The van der Waals surface area contributed by atoms with Crippen LogP contribution >= 0.6 is 11.6 Å². The Morgan fingerprint density at radius 3 is 2.65 bits per heavy atom. The number of carbonyl (C=O) groups excluding carboxylic acids is 1. The number of carbonyl (C=O) groups is 1. The summed E-state index contributed by atoms with van der Waals surface area (Å²) in [5.74, 6) is 0. The summed E-state index contributed by atoms with van der Waals surface area (Å²) in [7, 11) is 0. The van der Waals surface area contributed by atoms with Gasteiger partial charge in [-0.05, 0) is 36.5 Å². The predicted octanol–water partition coefficient (Wildman–Crippen LogP) is 4.13. The van der Waals surface area contributed by atoms with Crippen molar-refractivity contribution in [3.8, 4) is 0 Å². The highest BCUT2D eigenvalue weighted by molar-refractivity contribution is 6.30. The van der Waals surface area contributed by atoms with Crippen LogP contribution in [-0.4, -0.2) is 12.6 Å². The Balaban J connectivity index is 2.34. The third kappa shape index (κ3) is 6.11. The fraction of sp³-hybridized carbons (Fsp3) is 0.438. The first-order valence-corrected chi connectivity index (χ1v) is 7.13. The average Bonchev–Trinajstić information content (AvgIpc) is 2.35. The van der Waals surface area contributed by atoms with Crippen LogP contribution < -0.4 is 10.6 Å². The van der Waals surface area contributed by atoms with Crippen molar-refractivity contribution in [1.29, 1.82) is 0 Å². The van der Waals surface area contributed by atoms with Crippen molar-refractivity contribution in [3.63, 3.8) is 0 Å². The molecule has 2 N–H and O–H groups in total. The number of benzene rings is 1. The molecule has 0 atom stereocenters. The first kappa shape index (κ1) is 16.6. The maximum Gasteiger partial charge on any atom is 0.318 e. The fourth-order valence-electron chi connectivity index (χ4n) is 1.45. The first-order valence-electron chi connectivity index (χ1n) is 6.75. The molecule has 0 heterocycles. The Hall–Kier alpha value is -1.48. The molecule has 110 valence electrons. The van der Waals surface area contributed by atoms with E-state index in [9.17, 15) is 4.79 Å². The predicted molar refractivity (Wildman–Crippen MR) is 84.9 cm³/mol. The summed E-state index contributed by atoms with van der Waals surface area (Å²) in [6.45, 7) is 8.91. The number of hydrogen-bond donors (Lipinski definition) is 2. The van der Waals surface area contributed by atoms with Crippen molar-refractivity contribution < 1.29 is 4.79 Å². The summed E-state index contributed by atoms with van der Waals surface area (Å²) < 4.78 is 0. The SMILES string of the molecule is C/C(=C\NC(=O)NCCc1cccc(Cl)c1)C(C)(C)C. The Morgan fingerprint density at radius 2 is 2.05 bits per heavy atom. The van der Waals surface area contributed by atoms with Crippen LogP contribution in [0.25, 0.3) is 0 Å². The van der Waals surface area contributed by atoms with Crippen LogP contribution in [0.4, 0.5) is 4.79 Å². The number of nitrogens with one attached hydrogen (secondary N) is 2. The van der Waals surface area contributed by atoms with Crippen molar-refractivity contribution in [1.82, 2.24) is 10.6 Å². The van der Waals surface area contributed by atoms with Gasteiger partial charge in [-0.3, -0.25) is 0 Å². The minimum Gasteiger partial charge on any atom is -0.338 e. The van der Waals surface area contributed by atoms with E-state index in [0.717, 1.165) is 22.6 Å². The third-order valence-corrected chi connectivity index (χ3v) is 3.43. The normalized spacial score (nSPS) is 12.2. The Bertz CT molecular complexity index is 489. The second-order valence-corrected chi connectivity index (χ2v) is 6.29. The van der Waals surface area contributed by atoms with E-state index in [1.807, 2.05) is 31.2 Å². The van der Waals surface area contributed by atoms with E-state index in [2.05, 4.69) is 31.4 Å². The van der Waals surface area contributed by atoms with Crippen molar-refractivity contribution >= 4 is 17.6 Å². The Morgan fingerprint density at radius 1 is 1.35 bits per heavy atom. The second-order valence-electron chi connectivity index (χ2n) is 5.86. The molecular formula is C16H23ClN2O. The van der Waals surface area contributed by atoms with Gasteiger partial charge in [-0.15, -0.1) is 0 Å². The number of allylic oxidation sites excluding steroid dienone is 1. The molecule has 0 aromatic heterocycles. The summed E-state index contributed by atoms with van der Waals surface area (Å²) >= 11 is 5.91. The Kier molecular flexibility index (Phi) is 6.08. The minimum atomic E-state index is -0.185. The van der Waals surface area contributed by atoms with E-state index in [4.69, 9.17) is 11.6 Å². The molecule has 1 aromatic carbocycles. The molecular weight excluding hydrogens is 272 g/mol. The van der Waals surface area contributed by atoms with Gasteiger partial charge in [0.05, 0.1) is 0 Å². The van der Waals surface area contributed by atoms with Gasteiger partial charge in [-0.2, -0.15) is 0 Å². The van der Waals surface area contributed by atoms with Gasteiger partial charge < -0.3 is 10.6 Å². The third-order valence-electron chi connectivity index (χ3n) is 3.19. The van der Waals surface area contributed by atoms with Crippen molar-refractivity contribution in [2.75, 3.05) is 6.54 Å². The molecule has 0 fully saturated rings. The summed E-state index contributed by atoms with van der Waals surface area (Å²) in [5.41, 5.74) is 2.30. The van der Waals surface area contributed by atoms with Gasteiger partial charge >= 0.3 is 6.03 Å². The van der Waals surface area contributed by atoms with Crippen LogP contribution in [0, 0.1) is 5.41 Å². The van der Waals surface area contributed by atoms with Gasteiger partial charge in [-0.1, -0.05) is 50.1 Å². The molecule has 4 heteroatoms. The largest absolute Gasteiger partial charge is 0.338 e. The van der Waals surface area contributed by atoms with Gasteiger partial charge in [0.15, 0.2) is 0 Å². The molecule has 0 bridgehead atoms. The van der Waals surface area contributed by atoms with Crippen molar-refractivity contribution in [2.45, 2.75) is 34.1 Å². The number of urea groups is 1. The zero-order chi connectivity index (χ0) is 15.2. The quantitative estimate of drug-likeness (QED) is 0.861. The maximum atomic E-state index is 11.6. The number of hydrogen-bond acceptors (Lipinski definition) is 1. The molecule has 2 amide bonds. The topological polar surface area (TPSA) is 41.1 Å². The van der Waals surface area contributed by atoms with E-state index in [1.54, 1.807) is 6.20 Å². The molecule has 1 rings (SSSR count). The highest BCUT2D eigenvalue weighted by Gasteiger charge is 2.12. The van der Waals surface area contributed by atoms with Gasteiger partial charge in [-0.25, -0.2) is 4.79 Å². The zero-order valence-corrected chi connectivity index (χ0v) is 13.3. The lowest BCUT2D eigenvalue weighted by Gasteiger charge is -2.19.